The first kappa shape index (κ1) is 33.0. The molecule has 1 aromatic carbocycles. The molecule has 6 rings (SSSR count). The minimum Gasteiger partial charge on any atom is -0.485 e. The number of quaternary nitrogens is 1. The van der Waals surface area contributed by atoms with Crippen molar-refractivity contribution in [3.05, 3.63) is 30.7 Å². The summed E-state index contributed by atoms with van der Waals surface area (Å²) < 4.78 is 7.50. The van der Waals surface area contributed by atoms with E-state index in [9.17, 15) is 39.6 Å². The van der Waals surface area contributed by atoms with Gasteiger partial charge in [0.1, 0.15) is 35.6 Å². The molecular formula is C32H45N3O10. The number of piperidine rings is 1. The monoisotopic (exact) mass is 631 g/mol. The van der Waals surface area contributed by atoms with Crippen molar-refractivity contribution in [2.45, 2.75) is 105 Å². The maximum atomic E-state index is 12.9. The highest BCUT2D eigenvalue weighted by Gasteiger charge is 2.76. The Hall–Kier alpha value is -3.42. The molecule has 7 N–H and O–H groups in total. The van der Waals surface area contributed by atoms with E-state index in [-0.39, 0.29) is 39.2 Å². The Bertz CT molecular complexity index is 1380. The van der Waals surface area contributed by atoms with Crippen LogP contribution in [0.5, 0.6) is 5.75 Å². The average Bonchev–Trinajstić information content (AvgIpc) is 3.68. The first-order valence-corrected chi connectivity index (χ1v) is 15.6. The molecule has 248 valence electrons. The number of nitrogens with one attached hydrogen (secondary N) is 2. The Labute approximate surface area is 262 Å². The van der Waals surface area contributed by atoms with Crippen LogP contribution in [0.15, 0.2) is 12.1 Å². The molecular weight excluding hydrogens is 586 g/mol. The SMILES string of the molecule is C[N@+]1(CC2CC2)CC[C@]23c4c5ccc(N[C@@H](CCC(=O)O)C(=O)O)c4O[C@H]2C(N[C@@H](CCC(=O)O)C(=O)O)CC[C@@]3(O)[C@H]1C5.[CH3-]. The van der Waals surface area contributed by atoms with Gasteiger partial charge in [-0.3, -0.25) is 19.7 Å². The van der Waals surface area contributed by atoms with E-state index in [1.165, 1.54) is 12.8 Å². The summed E-state index contributed by atoms with van der Waals surface area (Å²) in [6.07, 6.45) is 2.83. The number of carbonyl (C=O) groups is 4. The molecule has 3 fully saturated rings. The van der Waals surface area contributed by atoms with Crippen LogP contribution in [0.1, 0.15) is 68.9 Å². The van der Waals surface area contributed by atoms with Gasteiger partial charge in [0.2, 0.25) is 0 Å². The number of carboxylic acid groups (broad SMARTS) is 4. The average molecular weight is 632 g/mol. The second-order valence-electron chi connectivity index (χ2n) is 13.8. The molecule has 1 saturated heterocycles. The summed E-state index contributed by atoms with van der Waals surface area (Å²) in [4.78, 5) is 46.7. The largest absolute Gasteiger partial charge is 0.485 e. The van der Waals surface area contributed by atoms with E-state index in [0.29, 0.717) is 43.0 Å². The quantitative estimate of drug-likeness (QED) is 0.116. The zero-order valence-electron chi connectivity index (χ0n) is 25.8. The third-order valence-electron chi connectivity index (χ3n) is 11.1. The summed E-state index contributed by atoms with van der Waals surface area (Å²) in [7, 11) is 2.23. The minimum absolute atomic E-state index is 0. The zero-order chi connectivity index (χ0) is 31.6. The van der Waals surface area contributed by atoms with E-state index >= 15 is 0 Å². The van der Waals surface area contributed by atoms with Crippen molar-refractivity contribution in [1.29, 1.82) is 0 Å². The standard InChI is InChI=1S/C31H41N3O10.CH3/c1-34(15-16-2-3-16)13-12-30-25-17-4-5-18(32-20(28(39)40)6-8-23(35)36)26(25)44-27(30)19(10-11-31(30,43)22(34)14-17)33-21(29(41)42)7-9-24(37)38;/h4-5,16,19-22,27,32-33,43H,2-3,6-15H2,1H3,(H3-,35,36,37,38,39,40,41,42);1H3/q;-1/p+1/t19?,20-,21-,22+,27-,30-,31+,34+;/m0./s1. The smallest absolute Gasteiger partial charge is 0.326 e. The van der Waals surface area contributed by atoms with Gasteiger partial charge >= 0.3 is 23.9 Å². The molecule has 1 spiro atoms. The van der Waals surface area contributed by atoms with Gasteiger partial charge in [0, 0.05) is 43.2 Å². The van der Waals surface area contributed by atoms with Crippen LogP contribution in [0.3, 0.4) is 0 Å². The van der Waals surface area contributed by atoms with Crippen molar-refractivity contribution in [1.82, 2.24) is 5.32 Å². The molecule has 13 nitrogen and oxygen atoms in total. The third kappa shape index (κ3) is 5.42. The summed E-state index contributed by atoms with van der Waals surface area (Å²) in [6.45, 7) is 1.78. The number of rotatable bonds is 14. The molecule has 2 heterocycles. The lowest BCUT2D eigenvalue weighted by Gasteiger charge is -2.65. The second kappa shape index (κ2) is 11.7. The minimum atomic E-state index is -1.20. The van der Waals surface area contributed by atoms with Crippen LogP contribution in [0.25, 0.3) is 0 Å². The first-order chi connectivity index (χ1) is 20.8. The van der Waals surface area contributed by atoms with Crippen molar-refractivity contribution >= 4 is 29.6 Å². The molecule has 2 bridgehead atoms. The number of ether oxygens (including phenoxy) is 1. The van der Waals surface area contributed by atoms with Crippen LogP contribution in [0.2, 0.25) is 0 Å². The molecule has 0 radical (unpaired) electrons. The summed E-state index contributed by atoms with van der Waals surface area (Å²) in [5.41, 5.74) is 0.192. The van der Waals surface area contributed by atoms with E-state index in [1.807, 2.05) is 6.07 Å². The number of anilines is 1. The van der Waals surface area contributed by atoms with Gasteiger partial charge in [-0.15, -0.1) is 0 Å². The van der Waals surface area contributed by atoms with Crippen molar-refractivity contribution in [2.24, 2.45) is 5.92 Å². The van der Waals surface area contributed by atoms with E-state index in [4.69, 9.17) is 9.84 Å². The lowest BCUT2D eigenvalue weighted by Crippen LogP contribution is -2.82. The number of benzene rings is 1. The van der Waals surface area contributed by atoms with E-state index in [1.54, 1.807) is 6.07 Å². The predicted octanol–water partition coefficient (Wildman–Crippen LogP) is 1.85. The fourth-order valence-electron chi connectivity index (χ4n) is 8.97. The number of aliphatic hydroxyl groups is 1. The number of nitrogens with zero attached hydrogens (tertiary/aromatic N) is 1. The van der Waals surface area contributed by atoms with E-state index in [2.05, 4.69) is 17.7 Å². The molecule has 8 atom stereocenters. The second-order valence-corrected chi connectivity index (χ2v) is 13.8. The summed E-state index contributed by atoms with van der Waals surface area (Å²) in [5.74, 6) is -3.50. The fourth-order valence-corrected chi connectivity index (χ4v) is 8.97. The first-order valence-electron chi connectivity index (χ1n) is 15.6. The number of hydrogen-bond acceptors (Lipinski definition) is 8. The highest BCUT2D eigenvalue weighted by Crippen LogP contribution is 2.66. The third-order valence-corrected chi connectivity index (χ3v) is 11.1. The van der Waals surface area contributed by atoms with Crippen molar-refractivity contribution in [3.63, 3.8) is 0 Å². The van der Waals surface area contributed by atoms with Crippen LogP contribution in [-0.4, -0.2) is 110 Å². The van der Waals surface area contributed by atoms with Crippen LogP contribution in [-0.2, 0) is 31.0 Å². The Morgan fingerprint density at radius 2 is 1.62 bits per heavy atom. The van der Waals surface area contributed by atoms with Gasteiger partial charge in [-0.2, -0.15) is 0 Å². The van der Waals surface area contributed by atoms with Gasteiger partial charge < -0.3 is 47.5 Å². The van der Waals surface area contributed by atoms with Crippen LogP contribution >= 0.6 is 0 Å². The number of carboxylic acids is 4. The van der Waals surface area contributed by atoms with Gasteiger partial charge in [-0.05, 0) is 50.2 Å². The number of likely N-dealkylation sites (N-methyl/N-ethyl adjacent to an activating group) is 1. The van der Waals surface area contributed by atoms with Crippen molar-refractivity contribution < 1.29 is 53.9 Å². The lowest BCUT2D eigenvalue weighted by molar-refractivity contribution is -0.950. The van der Waals surface area contributed by atoms with Crippen LogP contribution < -0.4 is 15.4 Å². The van der Waals surface area contributed by atoms with Crippen LogP contribution in [0, 0.1) is 13.3 Å². The number of hydrogen-bond donors (Lipinski definition) is 7. The molecule has 1 unspecified atom stereocenters. The Balaban J connectivity index is 0.00000400. The predicted molar refractivity (Wildman–Crippen MR) is 161 cm³/mol. The van der Waals surface area contributed by atoms with E-state index in [0.717, 1.165) is 28.7 Å². The topological polar surface area (TPSA) is 203 Å². The van der Waals surface area contributed by atoms with Gasteiger partial charge in [-0.25, -0.2) is 4.79 Å². The normalized spacial score (nSPS) is 33.5. The van der Waals surface area contributed by atoms with E-state index < -0.39 is 59.1 Å². The maximum Gasteiger partial charge on any atom is 0.326 e. The van der Waals surface area contributed by atoms with Gasteiger partial charge in [0.25, 0.3) is 0 Å². The highest BCUT2D eigenvalue weighted by atomic mass is 16.5. The maximum absolute atomic E-state index is 12.9. The zero-order valence-corrected chi connectivity index (χ0v) is 25.8. The molecule has 13 heteroatoms. The Kier molecular flexibility index (Phi) is 8.60. The molecule has 3 aliphatic carbocycles. The van der Waals surface area contributed by atoms with Gasteiger partial charge in [0.15, 0.2) is 0 Å². The molecule has 1 aromatic rings. The molecule has 0 amide bonds. The number of likely N-dealkylation sites (tertiary alicyclic amines) is 1. The lowest BCUT2D eigenvalue weighted by atomic mass is 9.48. The molecule has 5 aliphatic rings. The highest BCUT2D eigenvalue weighted by molar-refractivity contribution is 5.81. The van der Waals surface area contributed by atoms with Crippen LogP contribution in [0.4, 0.5) is 5.69 Å². The molecule has 2 saturated carbocycles. The fraction of sp³-hybridized carbons (Fsp3) is 0.656. The van der Waals surface area contributed by atoms with Crippen molar-refractivity contribution in [2.75, 3.05) is 25.5 Å². The molecule has 45 heavy (non-hydrogen) atoms. The van der Waals surface area contributed by atoms with Crippen molar-refractivity contribution in [3.8, 4) is 5.75 Å². The summed E-state index contributed by atoms with van der Waals surface area (Å²) in [6, 6.07) is 0.776. The Morgan fingerprint density at radius 1 is 0.978 bits per heavy atom. The molecule has 0 aromatic heterocycles. The number of aliphatic carboxylic acids is 4. The Morgan fingerprint density at radius 3 is 2.22 bits per heavy atom. The summed E-state index contributed by atoms with van der Waals surface area (Å²) >= 11 is 0. The summed E-state index contributed by atoms with van der Waals surface area (Å²) in [5, 5.41) is 57.3. The molecule has 2 aliphatic heterocycles. The van der Waals surface area contributed by atoms with Gasteiger partial charge in [-0.1, -0.05) is 6.07 Å². The van der Waals surface area contributed by atoms with Gasteiger partial charge in [0.05, 0.1) is 31.2 Å².